The third-order valence-corrected chi connectivity index (χ3v) is 0. The normalized spacial score (nSPS) is 9.00. The quantitative estimate of drug-likeness (QED) is 0.363. The molecule has 0 nitrogen and oxygen atoms in total. The molecular weight excluding hydrogens is 126 g/mol. The third-order valence-electron chi connectivity index (χ3n) is 0. The van der Waals surface area contributed by atoms with Crippen LogP contribution in [0, 0.1) is 0 Å². The molecule has 4 heavy (non-hydrogen) atoms. The second-order valence-corrected chi connectivity index (χ2v) is 8.65. The molecule has 0 saturated carbocycles. The summed E-state index contributed by atoms with van der Waals surface area (Å²) < 4.78 is 0. The molecule has 0 spiro atoms. The van der Waals surface area contributed by atoms with Crippen molar-refractivity contribution in [3.05, 3.63) is 0 Å². The smallest absolute Gasteiger partial charge is 0.0242 e. The summed E-state index contributed by atoms with van der Waals surface area (Å²) in [7, 11) is 2.45. The molecule has 0 heterocycles. The van der Waals surface area contributed by atoms with Gasteiger partial charge in [-0.15, -0.1) is 24.5 Å². The molecule has 0 aromatic rings. The summed E-state index contributed by atoms with van der Waals surface area (Å²) in [4.78, 5) is 0. The van der Waals surface area contributed by atoms with Gasteiger partial charge in [0.05, 0.1) is 0 Å². The standard InChI is InChI=1S/H4P2S2/c1-2(3)4/h3-4H,1H2. The van der Waals surface area contributed by atoms with Gasteiger partial charge in [-0.25, -0.2) is 0 Å². The maximum Gasteiger partial charge on any atom is 0.0242 e. The Hall–Kier alpha value is 1.56. The summed E-state index contributed by atoms with van der Waals surface area (Å²) in [5, 5.41) is 0. The zero-order valence-electron chi connectivity index (χ0n) is 1.92. The fourth-order valence-electron chi connectivity index (χ4n) is 0. The Balaban J connectivity index is 2.32. The van der Waals surface area contributed by atoms with Gasteiger partial charge in [0.25, 0.3) is 0 Å². The van der Waals surface area contributed by atoms with Crippen LogP contribution in [0.3, 0.4) is 0 Å². The average Bonchev–Trinajstić information content (AvgIpc) is 0.811. The highest BCUT2D eigenvalue weighted by Crippen LogP contribution is 2.53. The number of thiol groups is 2. The highest BCUT2D eigenvalue weighted by molar-refractivity contribution is 8.92. The summed E-state index contributed by atoms with van der Waals surface area (Å²) in [6, 6.07) is -0.315. The molecule has 0 aromatic heterocycles. The van der Waals surface area contributed by atoms with E-state index in [9.17, 15) is 0 Å². The third kappa shape index (κ3) is 9.59. The summed E-state index contributed by atoms with van der Waals surface area (Å²) in [5.74, 6) is 0. The van der Waals surface area contributed by atoms with Crippen LogP contribution in [0.5, 0.6) is 0 Å². The predicted octanol–water partition coefficient (Wildman–Crippen LogP) is 1.95. The minimum absolute atomic E-state index is 0.315. The Kier molecular flexibility index (Phi) is 3.86. The predicted molar refractivity (Wildman–Crippen MR) is 34.6 cm³/mol. The van der Waals surface area contributed by atoms with Crippen molar-refractivity contribution < 1.29 is 0 Å². The van der Waals surface area contributed by atoms with E-state index in [-0.39, 0.29) is 6.01 Å². The summed E-state index contributed by atoms with van der Waals surface area (Å²) >= 11 is 7.72. The maximum absolute atomic E-state index is 3.86. The minimum atomic E-state index is -0.315. The molecule has 0 aliphatic rings. The first-order chi connectivity index (χ1) is 1.73. The summed E-state index contributed by atoms with van der Waals surface area (Å²) in [6.07, 6.45) is 0. The van der Waals surface area contributed by atoms with E-state index in [1.807, 2.05) is 0 Å². The van der Waals surface area contributed by atoms with Crippen molar-refractivity contribution in [2.45, 2.75) is 0 Å². The van der Waals surface area contributed by atoms with Crippen molar-refractivity contribution in [3.8, 4) is 0 Å². The highest BCUT2D eigenvalue weighted by Gasteiger charge is 1.69. The van der Waals surface area contributed by atoms with Gasteiger partial charge < -0.3 is 0 Å². The van der Waals surface area contributed by atoms with Crippen molar-refractivity contribution in [2.75, 3.05) is 0 Å². The second kappa shape index (κ2) is 2.78. The van der Waals surface area contributed by atoms with Crippen molar-refractivity contribution in [3.63, 3.8) is 0 Å². The second-order valence-electron chi connectivity index (χ2n) is 0.320. The Morgan fingerprint density at radius 2 is 1.50 bits per heavy atom. The fraction of sp³-hybridized carbons (Fsp3) is 0. The molecule has 0 N–H and O–H groups in total. The van der Waals surface area contributed by atoms with Crippen molar-refractivity contribution in [2.24, 2.45) is 0 Å². The Morgan fingerprint density at radius 3 is 1.50 bits per heavy atom. The first kappa shape index (κ1) is 5.56. The lowest BCUT2D eigenvalue weighted by Crippen LogP contribution is -0.945. The van der Waals surface area contributed by atoms with Crippen LogP contribution >= 0.6 is 39.4 Å². The van der Waals surface area contributed by atoms with Crippen LogP contribution in [-0.2, 0) is 0 Å². The van der Waals surface area contributed by atoms with Crippen molar-refractivity contribution in [1.29, 1.82) is 0 Å². The number of hydrogen-bond acceptors (Lipinski definition) is 2. The summed E-state index contributed by atoms with van der Waals surface area (Å²) in [5.41, 5.74) is 0. The van der Waals surface area contributed by atoms with Gasteiger partial charge in [0.1, 0.15) is 0 Å². The van der Waals surface area contributed by atoms with E-state index in [1.54, 1.807) is 0 Å². The van der Waals surface area contributed by atoms with Crippen LogP contribution in [0.15, 0.2) is 0 Å². The van der Waals surface area contributed by atoms with Gasteiger partial charge in [0.2, 0.25) is 0 Å². The molecule has 4 heteroatoms. The van der Waals surface area contributed by atoms with Crippen LogP contribution in [-0.4, -0.2) is 0 Å². The van der Waals surface area contributed by atoms with Gasteiger partial charge in [-0.1, -0.05) is 8.93 Å². The van der Waals surface area contributed by atoms with Gasteiger partial charge >= 0.3 is 0 Å². The average molecular weight is 130 g/mol. The zero-order valence-corrected chi connectivity index (χ0v) is 5.76. The highest BCUT2D eigenvalue weighted by atomic mass is 33.2. The molecule has 0 aliphatic heterocycles. The van der Waals surface area contributed by atoms with E-state index in [4.69, 9.17) is 0 Å². The monoisotopic (exact) mass is 130 g/mol. The molecule has 0 amide bonds. The van der Waals surface area contributed by atoms with Crippen LogP contribution < -0.4 is 0 Å². The molecule has 0 fully saturated rings. The first-order valence-corrected chi connectivity index (χ1v) is 5.92. The Morgan fingerprint density at radius 1 is 1.50 bits per heavy atom. The van der Waals surface area contributed by atoms with Crippen LogP contribution in [0.4, 0.5) is 0 Å². The lowest BCUT2D eigenvalue weighted by Gasteiger charge is -1.78. The molecule has 0 radical (unpaired) electrons. The lowest BCUT2D eigenvalue weighted by molar-refractivity contribution is 5.37. The molecule has 1 unspecified atom stereocenters. The Bertz CT molecular complexity index is 8.75. The molecule has 0 saturated heterocycles. The van der Waals surface area contributed by atoms with Crippen molar-refractivity contribution >= 4 is 39.4 Å². The number of hydrogen-bond donors (Lipinski definition) is 2. The van der Waals surface area contributed by atoms with E-state index in [1.165, 1.54) is 0 Å². The molecule has 0 aliphatic carbocycles. The van der Waals surface area contributed by atoms with Crippen LogP contribution in [0.1, 0.15) is 0 Å². The zero-order chi connectivity index (χ0) is 3.58. The Labute approximate surface area is 39.9 Å². The van der Waals surface area contributed by atoms with Crippen LogP contribution in [0.2, 0.25) is 0 Å². The first-order valence-electron chi connectivity index (χ1n) is 0.658. The number of rotatable bonds is 0. The summed E-state index contributed by atoms with van der Waals surface area (Å²) in [6.45, 7) is 0. The SMILES string of the molecule is PP(S)S. The van der Waals surface area contributed by atoms with E-state index in [2.05, 4.69) is 33.4 Å². The lowest BCUT2D eigenvalue weighted by atomic mass is 29.5. The minimum Gasteiger partial charge on any atom is -0.136 e. The fourth-order valence-corrected chi connectivity index (χ4v) is 0. The maximum atomic E-state index is 3.86. The molecule has 0 aromatic carbocycles. The van der Waals surface area contributed by atoms with E-state index in [0.717, 1.165) is 0 Å². The largest absolute Gasteiger partial charge is 0.136 e. The molecule has 0 rings (SSSR count). The van der Waals surface area contributed by atoms with E-state index >= 15 is 0 Å². The molecule has 26 valence electrons. The molecule has 0 bridgehead atoms. The van der Waals surface area contributed by atoms with E-state index < -0.39 is 0 Å². The molecule has 1 atom stereocenters. The van der Waals surface area contributed by atoms with Gasteiger partial charge in [0.15, 0.2) is 0 Å². The van der Waals surface area contributed by atoms with Gasteiger partial charge in [-0.3, -0.25) is 0 Å². The van der Waals surface area contributed by atoms with Gasteiger partial charge in [-0.2, -0.15) is 0 Å². The topological polar surface area (TPSA) is 0 Å². The van der Waals surface area contributed by atoms with Crippen molar-refractivity contribution in [1.82, 2.24) is 0 Å². The van der Waals surface area contributed by atoms with Gasteiger partial charge in [-0.05, 0) is 0 Å². The molecular formula is H4P2S2. The van der Waals surface area contributed by atoms with Crippen LogP contribution in [0.25, 0.3) is 0 Å². The van der Waals surface area contributed by atoms with E-state index in [0.29, 0.717) is 0 Å². The van der Waals surface area contributed by atoms with Gasteiger partial charge in [0, 0.05) is 6.01 Å².